The second-order valence-electron chi connectivity index (χ2n) is 7.47. The van der Waals surface area contributed by atoms with Gasteiger partial charge in [0.2, 0.25) is 0 Å². The summed E-state index contributed by atoms with van der Waals surface area (Å²) in [6.07, 6.45) is 1.78. The van der Waals surface area contributed by atoms with Gasteiger partial charge in [-0.15, -0.1) is 0 Å². The van der Waals surface area contributed by atoms with Crippen molar-refractivity contribution in [3.63, 3.8) is 0 Å². The second-order valence-corrected chi connectivity index (χ2v) is 7.47. The van der Waals surface area contributed by atoms with Gasteiger partial charge in [-0.25, -0.2) is 13.8 Å². The molecule has 1 unspecified atom stereocenters. The van der Waals surface area contributed by atoms with Crippen LogP contribution in [0.1, 0.15) is 18.8 Å². The largest absolute Gasteiger partial charge is 0.368 e. The Kier molecular flexibility index (Phi) is 4.39. The average molecular weight is 393 g/mol. The number of benzene rings is 2. The molecule has 1 saturated heterocycles. The maximum Gasteiger partial charge on any atom is 0.125 e. The van der Waals surface area contributed by atoms with Crippen molar-refractivity contribution in [3.05, 3.63) is 66.1 Å². The minimum absolute atomic E-state index is 0.0965. The molecule has 0 saturated carbocycles. The summed E-state index contributed by atoms with van der Waals surface area (Å²) in [5.74, 6) is 0.325. The van der Waals surface area contributed by atoms with E-state index < -0.39 is 0 Å². The third-order valence-electron chi connectivity index (χ3n) is 5.74. The van der Waals surface area contributed by atoms with Crippen LogP contribution in [-0.2, 0) is 0 Å². The second kappa shape index (κ2) is 7.08. The van der Waals surface area contributed by atoms with Crippen LogP contribution in [0.15, 0.2) is 48.7 Å². The summed E-state index contributed by atoms with van der Waals surface area (Å²) in [5, 5.41) is 0.841. The van der Waals surface area contributed by atoms with E-state index in [1.165, 1.54) is 18.2 Å². The van der Waals surface area contributed by atoms with Crippen molar-refractivity contribution < 1.29 is 8.78 Å². The molecule has 5 nitrogen and oxygen atoms in total. The van der Waals surface area contributed by atoms with Gasteiger partial charge in [0.1, 0.15) is 17.5 Å². The molecule has 148 valence electrons. The number of nitrogens with zero attached hydrogens (tertiary/aromatic N) is 4. The number of aromatic nitrogens is 3. The predicted octanol–water partition coefficient (Wildman–Crippen LogP) is 4.27. The van der Waals surface area contributed by atoms with E-state index in [1.54, 1.807) is 24.4 Å². The number of imidazole rings is 1. The first-order chi connectivity index (χ1) is 14.1. The van der Waals surface area contributed by atoms with Crippen LogP contribution in [0.4, 0.5) is 14.5 Å². The van der Waals surface area contributed by atoms with E-state index in [9.17, 15) is 8.78 Å². The van der Waals surface area contributed by atoms with Crippen molar-refractivity contribution in [2.75, 3.05) is 31.1 Å². The van der Waals surface area contributed by atoms with Gasteiger partial charge in [0.25, 0.3) is 0 Å². The van der Waals surface area contributed by atoms with Crippen LogP contribution in [0.5, 0.6) is 0 Å². The van der Waals surface area contributed by atoms with Gasteiger partial charge in [-0.1, -0.05) is 0 Å². The maximum absolute atomic E-state index is 13.8. The van der Waals surface area contributed by atoms with E-state index in [-0.39, 0.29) is 17.7 Å². The standard InChI is InChI=1S/C22H21F2N5/c1-14(22-26-19-5-3-16(24)13-20(19)27-22)28-8-10-29(11-9-28)21-6-7-25-18-4-2-15(23)12-17(18)21/h2-7,12-14H,8-11H2,1H3,(H,26,27). The van der Waals surface area contributed by atoms with Crippen LogP contribution in [-0.4, -0.2) is 46.0 Å². The Morgan fingerprint density at radius 3 is 2.45 bits per heavy atom. The van der Waals surface area contributed by atoms with E-state index in [4.69, 9.17) is 0 Å². The number of hydrogen-bond acceptors (Lipinski definition) is 4. The van der Waals surface area contributed by atoms with Gasteiger partial charge in [-0.05, 0) is 49.4 Å². The molecule has 0 bridgehead atoms. The molecule has 0 radical (unpaired) electrons. The summed E-state index contributed by atoms with van der Waals surface area (Å²) in [4.78, 5) is 16.9. The molecule has 7 heteroatoms. The van der Waals surface area contributed by atoms with E-state index in [1.807, 2.05) is 6.07 Å². The Morgan fingerprint density at radius 1 is 0.931 bits per heavy atom. The lowest BCUT2D eigenvalue weighted by atomic mass is 10.1. The Bertz CT molecular complexity index is 1180. The van der Waals surface area contributed by atoms with Crippen molar-refractivity contribution >= 4 is 27.6 Å². The summed E-state index contributed by atoms with van der Waals surface area (Å²) in [6, 6.07) is 11.4. The first-order valence-electron chi connectivity index (χ1n) is 9.77. The molecule has 4 aromatic rings. The van der Waals surface area contributed by atoms with Gasteiger partial charge >= 0.3 is 0 Å². The summed E-state index contributed by atoms with van der Waals surface area (Å²) < 4.78 is 27.2. The van der Waals surface area contributed by atoms with E-state index in [2.05, 4.69) is 31.7 Å². The lowest BCUT2D eigenvalue weighted by Crippen LogP contribution is -2.47. The van der Waals surface area contributed by atoms with Crippen LogP contribution in [0.25, 0.3) is 21.9 Å². The van der Waals surface area contributed by atoms with Gasteiger partial charge < -0.3 is 9.88 Å². The van der Waals surface area contributed by atoms with Gasteiger partial charge in [-0.2, -0.15) is 0 Å². The van der Waals surface area contributed by atoms with Crippen molar-refractivity contribution in [1.29, 1.82) is 0 Å². The highest BCUT2D eigenvalue weighted by Gasteiger charge is 2.25. The first-order valence-corrected chi connectivity index (χ1v) is 9.77. The molecule has 0 aliphatic carbocycles. The summed E-state index contributed by atoms with van der Waals surface area (Å²) >= 11 is 0. The highest BCUT2D eigenvalue weighted by Crippen LogP contribution is 2.29. The van der Waals surface area contributed by atoms with Gasteiger partial charge in [0.15, 0.2) is 0 Å². The number of pyridine rings is 1. The van der Waals surface area contributed by atoms with Crippen LogP contribution in [0, 0.1) is 11.6 Å². The van der Waals surface area contributed by atoms with Crippen LogP contribution >= 0.6 is 0 Å². The Labute approximate surface area is 167 Å². The molecule has 2 aromatic heterocycles. The molecule has 1 N–H and O–H groups in total. The molecule has 1 fully saturated rings. The van der Waals surface area contributed by atoms with Crippen molar-refractivity contribution in [3.8, 4) is 0 Å². The number of rotatable bonds is 3. The van der Waals surface area contributed by atoms with Crippen molar-refractivity contribution in [2.24, 2.45) is 0 Å². The zero-order chi connectivity index (χ0) is 20.0. The molecular formula is C22H21F2N5. The van der Waals surface area contributed by atoms with Gasteiger partial charge in [-0.3, -0.25) is 9.88 Å². The minimum atomic E-state index is -0.269. The van der Waals surface area contributed by atoms with Crippen LogP contribution in [0.2, 0.25) is 0 Å². The number of hydrogen-bond donors (Lipinski definition) is 1. The fourth-order valence-corrected chi connectivity index (χ4v) is 4.10. The molecular weight excluding hydrogens is 372 g/mol. The minimum Gasteiger partial charge on any atom is -0.368 e. The third-order valence-corrected chi connectivity index (χ3v) is 5.74. The predicted molar refractivity (Wildman–Crippen MR) is 110 cm³/mol. The SMILES string of the molecule is CC(c1nc2ccc(F)cc2[nH]1)N1CCN(c2ccnc3ccc(F)cc23)CC1. The zero-order valence-corrected chi connectivity index (χ0v) is 16.1. The van der Waals surface area contributed by atoms with E-state index in [0.29, 0.717) is 0 Å². The molecule has 5 rings (SSSR count). The summed E-state index contributed by atoms with van der Waals surface area (Å²) in [5.41, 5.74) is 3.31. The Morgan fingerprint density at radius 2 is 1.66 bits per heavy atom. The Hall–Kier alpha value is -3.06. The molecule has 2 aromatic carbocycles. The van der Waals surface area contributed by atoms with E-state index in [0.717, 1.165) is 59.6 Å². The number of anilines is 1. The quantitative estimate of drug-likeness (QED) is 0.565. The van der Waals surface area contributed by atoms with Crippen LogP contribution < -0.4 is 4.90 Å². The maximum atomic E-state index is 13.8. The highest BCUT2D eigenvalue weighted by atomic mass is 19.1. The fourth-order valence-electron chi connectivity index (χ4n) is 4.10. The molecule has 0 spiro atoms. The normalized spacial score (nSPS) is 16.6. The molecule has 1 atom stereocenters. The number of aromatic amines is 1. The summed E-state index contributed by atoms with van der Waals surface area (Å²) in [7, 11) is 0. The molecule has 1 aliphatic rings. The molecule has 3 heterocycles. The fraction of sp³-hybridized carbons (Fsp3) is 0.273. The monoisotopic (exact) mass is 393 g/mol. The molecule has 29 heavy (non-hydrogen) atoms. The van der Waals surface area contributed by atoms with E-state index >= 15 is 0 Å². The highest BCUT2D eigenvalue weighted by molar-refractivity contribution is 5.91. The average Bonchev–Trinajstić information content (AvgIpc) is 3.16. The third kappa shape index (κ3) is 3.31. The molecule has 1 aliphatic heterocycles. The smallest absolute Gasteiger partial charge is 0.125 e. The van der Waals surface area contributed by atoms with Gasteiger partial charge in [0.05, 0.1) is 22.6 Å². The number of fused-ring (bicyclic) bond motifs is 2. The van der Waals surface area contributed by atoms with Crippen LogP contribution in [0.3, 0.4) is 0 Å². The van der Waals surface area contributed by atoms with Crippen molar-refractivity contribution in [1.82, 2.24) is 19.9 Å². The molecule has 0 amide bonds. The lowest BCUT2D eigenvalue weighted by Gasteiger charge is -2.38. The number of H-pyrrole nitrogens is 1. The lowest BCUT2D eigenvalue weighted by molar-refractivity contribution is 0.193. The topological polar surface area (TPSA) is 48.1 Å². The Balaban J connectivity index is 1.34. The number of nitrogens with one attached hydrogen (secondary N) is 1. The number of halogens is 2. The first kappa shape index (κ1) is 18.0. The summed E-state index contributed by atoms with van der Waals surface area (Å²) in [6.45, 7) is 5.47. The van der Waals surface area contributed by atoms with Crippen molar-refractivity contribution in [2.45, 2.75) is 13.0 Å². The van der Waals surface area contributed by atoms with Gasteiger partial charge in [0, 0.05) is 43.4 Å². The number of piperazine rings is 1. The zero-order valence-electron chi connectivity index (χ0n) is 16.1.